The molecule has 138 valence electrons. The van der Waals surface area contributed by atoms with Crippen molar-refractivity contribution in [1.29, 1.82) is 0 Å². The quantitative estimate of drug-likeness (QED) is 0.585. The molecule has 27 heavy (non-hydrogen) atoms. The van der Waals surface area contributed by atoms with E-state index in [1.54, 1.807) is 18.7 Å². The van der Waals surface area contributed by atoms with Gasteiger partial charge in [-0.25, -0.2) is 0 Å². The van der Waals surface area contributed by atoms with Crippen molar-refractivity contribution in [2.24, 2.45) is 0 Å². The molecule has 1 atom stereocenters. The average Bonchev–Trinajstić information content (AvgIpc) is 2.67. The first kappa shape index (κ1) is 19.1. The van der Waals surface area contributed by atoms with E-state index in [1.807, 2.05) is 67.6 Å². The topological polar surface area (TPSA) is 38.3 Å². The van der Waals surface area contributed by atoms with Crippen molar-refractivity contribution in [3.8, 4) is 5.75 Å². The highest BCUT2D eigenvalue weighted by molar-refractivity contribution is 7.99. The summed E-state index contributed by atoms with van der Waals surface area (Å²) in [6, 6.07) is 23.7. The lowest BCUT2D eigenvalue weighted by atomic mass is 10.1. The van der Waals surface area contributed by atoms with Gasteiger partial charge in [0.25, 0.3) is 5.91 Å². The summed E-state index contributed by atoms with van der Waals surface area (Å²) < 4.78 is 5.82. The van der Waals surface area contributed by atoms with Gasteiger partial charge in [0.05, 0.1) is 5.69 Å². The number of hydrogen-bond acceptors (Lipinski definition) is 3. The molecule has 0 aliphatic heterocycles. The summed E-state index contributed by atoms with van der Waals surface area (Å²) in [6.07, 6.45) is -0.595. The zero-order chi connectivity index (χ0) is 19.2. The Morgan fingerprint density at radius 2 is 1.63 bits per heavy atom. The largest absolute Gasteiger partial charge is 0.481 e. The second-order valence-corrected chi connectivity index (χ2v) is 7.52. The lowest BCUT2D eigenvalue weighted by molar-refractivity contribution is -0.122. The molecular formula is C23H23NO2S. The van der Waals surface area contributed by atoms with Gasteiger partial charge in [0.1, 0.15) is 5.75 Å². The van der Waals surface area contributed by atoms with Crippen molar-refractivity contribution in [3.63, 3.8) is 0 Å². The number of hydrogen-bond donors (Lipinski definition) is 1. The van der Waals surface area contributed by atoms with Gasteiger partial charge in [-0.15, -0.1) is 0 Å². The lowest BCUT2D eigenvalue weighted by Gasteiger charge is -2.17. The van der Waals surface area contributed by atoms with E-state index in [0.717, 1.165) is 21.0 Å². The summed E-state index contributed by atoms with van der Waals surface area (Å²) in [5.41, 5.74) is 3.13. The first-order chi connectivity index (χ1) is 13.0. The normalized spacial score (nSPS) is 11.7. The van der Waals surface area contributed by atoms with Gasteiger partial charge >= 0.3 is 0 Å². The van der Waals surface area contributed by atoms with E-state index in [9.17, 15) is 4.79 Å². The highest BCUT2D eigenvalue weighted by Gasteiger charge is 2.17. The van der Waals surface area contributed by atoms with Gasteiger partial charge in [-0.2, -0.15) is 0 Å². The number of rotatable bonds is 6. The molecule has 4 heteroatoms. The number of ether oxygens (including phenoxy) is 1. The van der Waals surface area contributed by atoms with Crippen LogP contribution in [0.5, 0.6) is 5.75 Å². The fourth-order valence-corrected chi connectivity index (χ4v) is 3.48. The summed E-state index contributed by atoms with van der Waals surface area (Å²) in [4.78, 5) is 14.7. The second kappa shape index (κ2) is 8.78. The van der Waals surface area contributed by atoms with E-state index in [1.165, 1.54) is 5.56 Å². The van der Waals surface area contributed by atoms with Crippen LogP contribution < -0.4 is 10.1 Å². The van der Waals surface area contributed by atoms with Gasteiger partial charge in [0, 0.05) is 9.79 Å². The molecule has 0 fully saturated rings. The highest BCUT2D eigenvalue weighted by atomic mass is 32.2. The molecule has 0 radical (unpaired) electrons. The van der Waals surface area contributed by atoms with Gasteiger partial charge in [-0.05, 0) is 68.3 Å². The van der Waals surface area contributed by atoms with Crippen LogP contribution in [-0.4, -0.2) is 12.0 Å². The van der Waals surface area contributed by atoms with Crippen LogP contribution in [0.3, 0.4) is 0 Å². The molecule has 0 heterocycles. The predicted octanol–water partition coefficient (Wildman–Crippen LogP) is 5.86. The molecule has 0 aliphatic rings. The van der Waals surface area contributed by atoms with Crippen molar-refractivity contribution < 1.29 is 9.53 Å². The maximum Gasteiger partial charge on any atom is 0.265 e. The smallest absolute Gasteiger partial charge is 0.265 e. The summed E-state index contributed by atoms with van der Waals surface area (Å²) in [5.74, 6) is 0.530. The van der Waals surface area contributed by atoms with Gasteiger partial charge in [0.2, 0.25) is 0 Å². The Morgan fingerprint density at radius 1 is 0.926 bits per heavy atom. The zero-order valence-corrected chi connectivity index (χ0v) is 16.5. The van der Waals surface area contributed by atoms with E-state index in [4.69, 9.17) is 4.74 Å². The fourth-order valence-electron chi connectivity index (χ4n) is 2.55. The standard InChI is InChI=1S/C23H23NO2S/c1-16-13-14-19(15-17(16)2)26-18(3)23(25)24-21-11-7-8-12-22(21)27-20-9-5-4-6-10-20/h4-15,18H,1-3H3,(H,24,25)/t18-/m0/s1. The van der Waals surface area contributed by atoms with Crippen LogP contribution in [0.15, 0.2) is 82.6 Å². The number of para-hydroxylation sites is 1. The van der Waals surface area contributed by atoms with E-state index >= 15 is 0 Å². The molecule has 0 saturated heterocycles. The van der Waals surface area contributed by atoms with E-state index in [-0.39, 0.29) is 5.91 Å². The third-order valence-electron chi connectivity index (χ3n) is 4.28. The Balaban J connectivity index is 1.69. The number of aryl methyl sites for hydroxylation is 2. The Labute approximate surface area is 164 Å². The molecule has 0 aliphatic carbocycles. The van der Waals surface area contributed by atoms with Crippen molar-refractivity contribution >= 4 is 23.4 Å². The Kier molecular flexibility index (Phi) is 6.20. The van der Waals surface area contributed by atoms with Crippen LogP contribution in [0.4, 0.5) is 5.69 Å². The van der Waals surface area contributed by atoms with Crippen molar-refractivity contribution in [2.75, 3.05) is 5.32 Å². The summed E-state index contributed by atoms with van der Waals surface area (Å²) in [6.45, 7) is 5.85. The van der Waals surface area contributed by atoms with Gasteiger partial charge in [-0.3, -0.25) is 4.79 Å². The summed E-state index contributed by atoms with van der Waals surface area (Å²) in [7, 11) is 0. The van der Waals surface area contributed by atoms with Crippen LogP contribution >= 0.6 is 11.8 Å². The minimum absolute atomic E-state index is 0.172. The van der Waals surface area contributed by atoms with Crippen molar-refractivity contribution in [2.45, 2.75) is 36.7 Å². The Bertz CT molecular complexity index is 925. The fraction of sp³-hybridized carbons (Fsp3) is 0.174. The number of anilines is 1. The van der Waals surface area contributed by atoms with Crippen LogP contribution in [0.2, 0.25) is 0 Å². The minimum Gasteiger partial charge on any atom is -0.481 e. The molecule has 1 amide bonds. The number of benzene rings is 3. The first-order valence-corrected chi connectivity index (χ1v) is 9.71. The SMILES string of the molecule is Cc1ccc(O[C@@H](C)C(=O)Nc2ccccc2Sc2ccccc2)cc1C. The molecular weight excluding hydrogens is 354 g/mol. The molecule has 0 saturated carbocycles. The van der Waals surface area contributed by atoms with Crippen LogP contribution in [-0.2, 0) is 4.79 Å². The zero-order valence-electron chi connectivity index (χ0n) is 15.7. The molecule has 3 nitrogen and oxygen atoms in total. The van der Waals surface area contributed by atoms with E-state index < -0.39 is 6.10 Å². The van der Waals surface area contributed by atoms with E-state index in [0.29, 0.717) is 5.75 Å². The Morgan fingerprint density at radius 3 is 2.37 bits per heavy atom. The first-order valence-electron chi connectivity index (χ1n) is 8.89. The monoisotopic (exact) mass is 377 g/mol. The molecule has 1 N–H and O–H groups in total. The molecule has 0 spiro atoms. The van der Waals surface area contributed by atoms with Crippen LogP contribution in [0, 0.1) is 13.8 Å². The average molecular weight is 378 g/mol. The third-order valence-corrected chi connectivity index (χ3v) is 5.36. The van der Waals surface area contributed by atoms with Gasteiger partial charge in [-0.1, -0.05) is 48.2 Å². The molecule has 3 aromatic rings. The maximum absolute atomic E-state index is 12.6. The molecule has 3 rings (SSSR count). The van der Waals surface area contributed by atoms with Crippen LogP contribution in [0.25, 0.3) is 0 Å². The summed E-state index contributed by atoms with van der Waals surface area (Å²) >= 11 is 1.62. The van der Waals surface area contributed by atoms with Crippen molar-refractivity contribution in [3.05, 3.63) is 83.9 Å². The predicted molar refractivity (Wildman–Crippen MR) is 112 cm³/mol. The summed E-state index contributed by atoms with van der Waals surface area (Å²) in [5, 5.41) is 2.99. The van der Waals surface area contributed by atoms with Crippen LogP contribution in [0.1, 0.15) is 18.1 Å². The number of amides is 1. The number of carbonyl (C=O) groups excluding carboxylic acids is 1. The number of nitrogens with one attached hydrogen (secondary N) is 1. The van der Waals surface area contributed by atoms with Gasteiger partial charge < -0.3 is 10.1 Å². The maximum atomic E-state index is 12.6. The lowest BCUT2D eigenvalue weighted by Crippen LogP contribution is -2.30. The molecule has 3 aromatic carbocycles. The minimum atomic E-state index is -0.595. The number of carbonyl (C=O) groups is 1. The van der Waals surface area contributed by atoms with Gasteiger partial charge in [0.15, 0.2) is 6.10 Å². The Hall–Kier alpha value is -2.72. The van der Waals surface area contributed by atoms with E-state index in [2.05, 4.69) is 24.4 Å². The molecule has 0 aromatic heterocycles. The second-order valence-electron chi connectivity index (χ2n) is 6.41. The molecule has 0 unspecified atom stereocenters. The van der Waals surface area contributed by atoms with Crippen molar-refractivity contribution in [1.82, 2.24) is 0 Å². The highest BCUT2D eigenvalue weighted by Crippen LogP contribution is 2.33. The third kappa shape index (κ3) is 5.14. The molecule has 0 bridgehead atoms.